The molecule has 0 aliphatic rings. The molecule has 2 aromatic rings. The Morgan fingerprint density at radius 1 is 1.06 bits per heavy atom. The lowest BCUT2D eigenvalue weighted by molar-refractivity contribution is 0.107. The molecule has 0 heterocycles. The van der Waals surface area contributed by atoms with E-state index in [4.69, 9.17) is 22.1 Å². The molecule has 2 rings (SSSR count). The second-order valence-electron chi connectivity index (χ2n) is 3.97. The first-order chi connectivity index (χ1) is 8.65. The van der Waals surface area contributed by atoms with E-state index in [0.29, 0.717) is 22.9 Å². The zero-order valence-electron chi connectivity index (χ0n) is 9.70. The van der Waals surface area contributed by atoms with Crippen LogP contribution >= 0.6 is 11.6 Å². The second kappa shape index (κ2) is 5.85. The highest BCUT2D eigenvalue weighted by molar-refractivity contribution is 6.31. The minimum atomic E-state index is -0.314. The summed E-state index contributed by atoms with van der Waals surface area (Å²) >= 11 is 5.94. The number of benzene rings is 2. The first-order valence-corrected chi connectivity index (χ1v) is 5.89. The largest absolute Gasteiger partial charge is 0.399 e. The SMILES string of the molecule is Nc1ccc(COCc2cc(F)ccc2Cl)cc1. The number of rotatable bonds is 4. The van der Waals surface area contributed by atoms with Crippen molar-refractivity contribution in [2.45, 2.75) is 13.2 Å². The average molecular weight is 266 g/mol. The summed E-state index contributed by atoms with van der Waals surface area (Å²) in [7, 11) is 0. The van der Waals surface area contributed by atoms with Gasteiger partial charge in [0, 0.05) is 10.7 Å². The third-order valence-electron chi connectivity index (χ3n) is 2.51. The van der Waals surface area contributed by atoms with Crippen molar-refractivity contribution in [3.63, 3.8) is 0 Å². The molecule has 18 heavy (non-hydrogen) atoms. The topological polar surface area (TPSA) is 35.2 Å². The number of hydrogen-bond acceptors (Lipinski definition) is 2. The molecule has 2 N–H and O–H groups in total. The summed E-state index contributed by atoms with van der Waals surface area (Å²) in [5.74, 6) is -0.314. The van der Waals surface area contributed by atoms with Gasteiger partial charge in [0.1, 0.15) is 5.82 Å². The Kier molecular flexibility index (Phi) is 4.18. The number of hydrogen-bond donors (Lipinski definition) is 1. The molecule has 0 unspecified atom stereocenters. The van der Waals surface area contributed by atoms with Crippen LogP contribution in [0.25, 0.3) is 0 Å². The fraction of sp³-hybridized carbons (Fsp3) is 0.143. The monoisotopic (exact) mass is 265 g/mol. The summed E-state index contributed by atoms with van der Waals surface area (Å²) in [5, 5.41) is 0.508. The highest BCUT2D eigenvalue weighted by Crippen LogP contribution is 2.18. The molecule has 2 nitrogen and oxygen atoms in total. The zero-order valence-corrected chi connectivity index (χ0v) is 10.5. The van der Waals surface area contributed by atoms with E-state index in [1.807, 2.05) is 24.3 Å². The van der Waals surface area contributed by atoms with Gasteiger partial charge in [-0.3, -0.25) is 0 Å². The molecular weight excluding hydrogens is 253 g/mol. The van der Waals surface area contributed by atoms with Crippen LogP contribution in [0.4, 0.5) is 10.1 Å². The molecule has 0 radical (unpaired) electrons. The number of halogens is 2. The van der Waals surface area contributed by atoms with Crippen molar-refractivity contribution in [3.8, 4) is 0 Å². The van der Waals surface area contributed by atoms with Gasteiger partial charge in [-0.2, -0.15) is 0 Å². The number of nitrogen functional groups attached to an aromatic ring is 1. The Morgan fingerprint density at radius 2 is 1.78 bits per heavy atom. The maximum atomic E-state index is 13.0. The van der Waals surface area contributed by atoms with Crippen LogP contribution in [-0.4, -0.2) is 0 Å². The van der Waals surface area contributed by atoms with E-state index in [2.05, 4.69) is 0 Å². The van der Waals surface area contributed by atoms with Crippen molar-refractivity contribution in [2.75, 3.05) is 5.73 Å². The van der Waals surface area contributed by atoms with Crippen LogP contribution in [0.15, 0.2) is 42.5 Å². The van der Waals surface area contributed by atoms with E-state index in [-0.39, 0.29) is 12.4 Å². The zero-order chi connectivity index (χ0) is 13.0. The van der Waals surface area contributed by atoms with Crippen LogP contribution in [-0.2, 0) is 18.0 Å². The summed E-state index contributed by atoms with van der Waals surface area (Å²) in [6.07, 6.45) is 0. The molecule has 94 valence electrons. The van der Waals surface area contributed by atoms with E-state index in [1.165, 1.54) is 18.2 Å². The molecule has 0 amide bonds. The Bertz CT molecular complexity index is 528. The van der Waals surface area contributed by atoms with E-state index in [9.17, 15) is 4.39 Å². The van der Waals surface area contributed by atoms with Gasteiger partial charge in [-0.05, 0) is 41.5 Å². The molecule has 2 aromatic carbocycles. The molecule has 0 spiro atoms. The highest BCUT2D eigenvalue weighted by Gasteiger charge is 2.02. The number of anilines is 1. The van der Waals surface area contributed by atoms with Gasteiger partial charge in [-0.25, -0.2) is 4.39 Å². The molecular formula is C14H13ClFNO. The molecule has 0 fully saturated rings. The molecule has 0 saturated heterocycles. The quantitative estimate of drug-likeness (QED) is 0.854. The summed E-state index contributed by atoms with van der Waals surface area (Å²) in [5.41, 5.74) is 7.95. The molecule has 0 aliphatic heterocycles. The predicted octanol–water partition coefficient (Wildman–Crippen LogP) is 3.78. The number of nitrogens with two attached hydrogens (primary N) is 1. The lowest BCUT2D eigenvalue weighted by Gasteiger charge is -2.07. The lowest BCUT2D eigenvalue weighted by Crippen LogP contribution is -1.96. The maximum Gasteiger partial charge on any atom is 0.123 e. The molecule has 4 heteroatoms. The van der Waals surface area contributed by atoms with Crippen molar-refractivity contribution in [3.05, 3.63) is 64.4 Å². The molecule has 0 aromatic heterocycles. The normalized spacial score (nSPS) is 10.6. The van der Waals surface area contributed by atoms with Gasteiger partial charge in [0.05, 0.1) is 13.2 Å². The van der Waals surface area contributed by atoms with Gasteiger partial charge in [-0.1, -0.05) is 23.7 Å². The van der Waals surface area contributed by atoms with Gasteiger partial charge < -0.3 is 10.5 Å². The van der Waals surface area contributed by atoms with Crippen LogP contribution < -0.4 is 5.73 Å². The van der Waals surface area contributed by atoms with Gasteiger partial charge in [0.2, 0.25) is 0 Å². The fourth-order valence-electron chi connectivity index (χ4n) is 1.55. The molecule has 0 bridgehead atoms. The van der Waals surface area contributed by atoms with Gasteiger partial charge >= 0.3 is 0 Å². The van der Waals surface area contributed by atoms with Crippen molar-refractivity contribution in [1.82, 2.24) is 0 Å². The maximum absolute atomic E-state index is 13.0. The first-order valence-electron chi connectivity index (χ1n) is 5.51. The minimum Gasteiger partial charge on any atom is -0.399 e. The van der Waals surface area contributed by atoms with E-state index >= 15 is 0 Å². The van der Waals surface area contributed by atoms with Crippen molar-refractivity contribution in [2.24, 2.45) is 0 Å². The third-order valence-corrected chi connectivity index (χ3v) is 2.88. The highest BCUT2D eigenvalue weighted by atomic mass is 35.5. The van der Waals surface area contributed by atoms with Crippen LogP contribution in [0.3, 0.4) is 0 Å². The molecule has 0 saturated carbocycles. The van der Waals surface area contributed by atoms with Crippen LogP contribution in [0.1, 0.15) is 11.1 Å². The summed E-state index contributed by atoms with van der Waals surface area (Å²) < 4.78 is 18.5. The standard InChI is InChI=1S/C14H13ClFNO/c15-14-6-3-12(16)7-11(14)9-18-8-10-1-4-13(17)5-2-10/h1-7H,8-9,17H2. The summed E-state index contributed by atoms with van der Waals surface area (Å²) in [6, 6.07) is 11.6. The minimum absolute atomic E-state index is 0.279. The van der Waals surface area contributed by atoms with Crippen LogP contribution in [0, 0.1) is 5.82 Å². The lowest BCUT2D eigenvalue weighted by atomic mass is 10.2. The summed E-state index contributed by atoms with van der Waals surface area (Å²) in [4.78, 5) is 0. The van der Waals surface area contributed by atoms with Gasteiger partial charge in [0.25, 0.3) is 0 Å². The first kappa shape index (κ1) is 12.9. The molecule has 0 aliphatic carbocycles. The smallest absolute Gasteiger partial charge is 0.123 e. The predicted molar refractivity (Wildman–Crippen MR) is 70.8 cm³/mol. The second-order valence-corrected chi connectivity index (χ2v) is 4.38. The van der Waals surface area contributed by atoms with Crippen molar-refractivity contribution in [1.29, 1.82) is 0 Å². The Balaban J connectivity index is 1.92. The van der Waals surface area contributed by atoms with Crippen molar-refractivity contribution < 1.29 is 9.13 Å². The van der Waals surface area contributed by atoms with Crippen LogP contribution in [0.5, 0.6) is 0 Å². The van der Waals surface area contributed by atoms with E-state index in [0.717, 1.165) is 5.56 Å². The van der Waals surface area contributed by atoms with Crippen LogP contribution in [0.2, 0.25) is 5.02 Å². The van der Waals surface area contributed by atoms with Gasteiger partial charge in [0.15, 0.2) is 0 Å². The van der Waals surface area contributed by atoms with E-state index < -0.39 is 0 Å². The number of ether oxygens (including phenoxy) is 1. The third kappa shape index (κ3) is 3.45. The van der Waals surface area contributed by atoms with E-state index in [1.54, 1.807) is 0 Å². The average Bonchev–Trinajstić information content (AvgIpc) is 2.36. The Labute approximate surface area is 110 Å². The molecule has 0 atom stereocenters. The van der Waals surface area contributed by atoms with Gasteiger partial charge in [-0.15, -0.1) is 0 Å². The fourth-order valence-corrected chi connectivity index (χ4v) is 1.72. The Morgan fingerprint density at radius 3 is 2.50 bits per heavy atom. The van der Waals surface area contributed by atoms with Crippen molar-refractivity contribution >= 4 is 17.3 Å². The Hall–Kier alpha value is -1.58. The summed E-state index contributed by atoms with van der Waals surface area (Å²) in [6.45, 7) is 0.716.